The van der Waals surface area contributed by atoms with Crippen LogP contribution in [0.3, 0.4) is 0 Å². The molecule has 5 aromatic rings. The monoisotopic (exact) mass is 556 g/mol. The highest BCUT2D eigenvalue weighted by Crippen LogP contribution is 2.43. The highest BCUT2D eigenvalue weighted by Gasteiger charge is 2.23. The van der Waals surface area contributed by atoms with Crippen molar-refractivity contribution in [1.29, 1.82) is 5.26 Å². The predicted molar refractivity (Wildman–Crippen MR) is 154 cm³/mol. The van der Waals surface area contributed by atoms with Gasteiger partial charge < -0.3 is 14.8 Å². The number of nitrogens with one attached hydrogen (secondary N) is 2. The molecule has 0 saturated heterocycles. The number of hydrogen-bond donors (Lipinski definition) is 2. The number of carbonyl (C=O) groups excluding carboxylic acids is 1. The molecule has 0 atom stereocenters. The molecule has 0 aliphatic carbocycles. The van der Waals surface area contributed by atoms with Gasteiger partial charge in [0.15, 0.2) is 0 Å². The van der Waals surface area contributed by atoms with Crippen LogP contribution in [0.2, 0.25) is 0 Å². The molecule has 2 N–H and O–H groups in total. The average molecular weight is 557 g/mol. The van der Waals surface area contributed by atoms with E-state index in [2.05, 4.69) is 26.7 Å². The lowest BCUT2D eigenvalue weighted by molar-refractivity contribution is 0.0523. The van der Waals surface area contributed by atoms with E-state index in [1.165, 1.54) is 11.3 Å². The van der Waals surface area contributed by atoms with Gasteiger partial charge >= 0.3 is 6.09 Å². The van der Waals surface area contributed by atoms with Crippen molar-refractivity contribution in [2.45, 2.75) is 39.5 Å². The van der Waals surface area contributed by atoms with Crippen molar-refractivity contribution < 1.29 is 14.3 Å². The molecule has 0 fully saturated rings. The summed E-state index contributed by atoms with van der Waals surface area (Å²) in [5.41, 5.74) is 3.46. The van der Waals surface area contributed by atoms with Gasteiger partial charge in [-0.3, -0.25) is 9.48 Å². The minimum absolute atomic E-state index is 0.0582. The third-order valence-corrected chi connectivity index (χ3v) is 7.63. The van der Waals surface area contributed by atoms with Crippen molar-refractivity contribution in [3.63, 3.8) is 0 Å². The lowest BCUT2D eigenvalue weighted by Crippen LogP contribution is -2.32. The molecular formula is C29H28N6O4S. The third-order valence-electron chi connectivity index (χ3n) is 6.34. The number of thiophene rings is 1. The number of carbonyl (C=O) groups is 1. The van der Waals surface area contributed by atoms with Crippen molar-refractivity contribution in [1.82, 2.24) is 25.3 Å². The van der Waals surface area contributed by atoms with Crippen LogP contribution in [-0.4, -0.2) is 38.8 Å². The van der Waals surface area contributed by atoms with Gasteiger partial charge in [-0.2, -0.15) is 15.5 Å². The van der Waals surface area contributed by atoms with E-state index in [9.17, 15) is 14.9 Å². The molecule has 1 amide bonds. The smallest absolute Gasteiger partial charge is 0.407 e. The molecule has 204 valence electrons. The first-order valence-corrected chi connectivity index (χ1v) is 13.4. The molecular weight excluding hydrogens is 528 g/mol. The van der Waals surface area contributed by atoms with Gasteiger partial charge in [0.1, 0.15) is 11.7 Å². The summed E-state index contributed by atoms with van der Waals surface area (Å²) in [5, 5.41) is 26.0. The number of aryl methyl sites for hydroxylation is 1. The molecule has 0 radical (unpaired) electrons. The number of aromatic amines is 1. The van der Waals surface area contributed by atoms with Crippen molar-refractivity contribution in [3.8, 4) is 27.8 Å². The quantitative estimate of drug-likeness (QED) is 0.292. The summed E-state index contributed by atoms with van der Waals surface area (Å²) in [7, 11) is 3.48. The Balaban J connectivity index is 1.62. The summed E-state index contributed by atoms with van der Waals surface area (Å²) >= 11 is 1.53. The lowest BCUT2D eigenvalue weighted by atomic mass is 9.99. The molecule has 3 aromatic heterocycles. The fourth-order valence-electron chi connectivity index (χ4n) is 4.63. The van der Waals surface area contributed by atoms with Gasteiger partial charge in [0.05, 0.1) is 46.6 Å². The number of methoxy groups -OCH3 is 1. The predicted octanol–water partition coefficient (Wildman–Crippen LogP) is 5.25. The topological polar surface area (TPSA) is 135 Å². The zero-order valence-electron chi connectivity index (χ0n) is 22.8. The molecule has 0 saturated carbocycles. The molecule has 0 aliphatic heterocycles. The number of fused-ring (bicyclic) bond motifs is 2. The molecule has 3 heterocycles. The number of nitriles is 1. The maximum absolute atomic E-state index is 12.6. The van der Waals surface area contributed by atoms with Crippen LogP contribution in [0.25, 0.3) is 42.6 Å². The third kappa shape index (κ3) is 5.06. The Morgan fingerprint density at radius 2 is 2.00 bits per heavy atom. The van der Waals surface area contributed by atoms with Crippen LogP contribution >= 0.6 is 11.3 Å². The Morgan fingerprint density at radius 3 is 2.73 bits per heavy atom. The number of amides is 1. The molecule has 0 spiro atoms. The number of H-pyrrole nitrogens is 1. The largest absolute Gasteiger partial charge is 0.444 e. The van der Waals surface area contributed by atoms with E-state index in [4.69, 9.17) is 9.47 Å². The SMILES string of the molecule is COCc1cccc2c(C#N)c(-c3c(-c4ccc5c(=O)[nH]nc(CNC(=O)OC(C)(C)C)c5c4)cnn3C)sc12. The van der Waals surface area contributed by atoms with Gasteiger partial charge in [-0.1, -0.05) is 24.3 Å². The van der Waals surface area contributed by atoms with E-state index in [1.54, 1.807) is 44.8 Å². The molecule has 10 nitrogen and oxygen atoms in total. The summed E-state index contributed by atoms with van der Waals surface area (Å²) in [6.07, 6.45) is 1.16. The molecule has 11 heteroatoms. The average Bonchev–Trinajstić information content (AvgIpc) is 3.47. The minimum Gasteiger partial charge on any atom is -0.444 e. The van der Waals surface area contributed by atoms with E-state index < -0.39 is 11.7 Å². The van der Waals surface area contributed by atoms with E-state index >= 15 is 0 Å². The number of nitrogens with zero attached hydrogens (tertiary/aromatic N) is 4. The first-order chi connectivity index (χ1) is 19.1. The molecule has 0 unspecified atom stereocenters. The lowest BCUT2D eigenvalue weighted by Gasteiger charge is -2.19. The highest BCUT2D eigenvalue weighted by molar-refractivity contribution is 7.22. The Hall–Kier alpha value is -4.53. The maximum atomic E-state index is 12.6. The fraction of sp³-hybridized carbons (Fsp3) is 0.276. The van der Waals surface area contributed by atoms with Gasteiger partial charge in [0.25, 0.3) is 5.56 Å². The van der Waals surface area contributed by atoms with E-state index in [-0.39, 0.29) is 12.1 Å². The molecule has 0 bridgehead atoms. The summed E-state index contributed by atoms with van der Waals surface area (Å²) in [4.78, 5) is 25.6. The van der Waals surface area contributed by atoms with E-state index in [0.29, 0.717) is 28.6 Å². The molecule has 2 aromatic carbocycles. The Bertz CT molecular complexity index is 1860. The molecule has 40 heavy (non-hydrogen) atoms. The van der Waals surface area contributed by atoms with Crippen molar-refractivity contribution in [3.05, 3.63) is 69.8 Å². The normalized spacial score (nSPS) is 11.6. The summed E-state index contributed by atoms with van der Waals surface area (Å²) in [6.45, 7) is 5.84. The van der Waals surface area contributed by atoms with Gasteiger partial charge in [-0.25, -0.2) is 9.89 Å². The Kier molecular flexibility index (Phi) is 7.14. The van der Waals surface area contributed by atoms with Crippen molar-refractivity contribution in [2.24, 2.45) is 7.05 Å². The van der Waals surface area contributed by atoms with Crippen LogP contribution in [-0.2, 0) is 29.7 Å². The Labute approximate surface area is 234 Å². The number of aromatic nitrogens is 4. The van der Waals surface area contributed by atoms with Crippen molar-refractivity contribution in [2.75, 3.05) is 7.11 Å². The summed E-state index contributed by atoms with van der Waals surface area (Å²) in [5.74, 6) is 0. The standard InChI is InChI=1S/C29H28N6O4S/c1-29(2,3)39-28(37)31-14-23-20-11-16(9-10-19(20)27(36)34-33-23)22-13-32-35(4)24(22)26-21(12-30)18-8-6-7-17(15-38-5)25(18)40-26/h6-11,13H,14-15H2,1-5H3,(H,31,37)(H,34,36). The molecule has 5 rings (SSSR count). The first-order valence-electron chi connectivity index (χ1n) is 12.6. The number of alkyl carbamates (subject to hydrolysis) is 1. The van der Waals surface area contributed by atoms with E-state index in [1.807, 2.05) is 37.4 Å². The van der Waals surface area contributed by atoms with Crippen molar-refractivity contribution >= 4 is 38.3 Å². The number of hydrogen-bond acceptors (Lipinski definition) is 8. The fourth-order valence-corrected chi connectivity index (χ4v) is 5.97. The van der Waals surface area contributed by atoms with Crippen LogP contribution in [0.15, 0.2) is 47.4 Å². The van der Waals surface area contributed by atoms with E-state index in [0.717, 1.165) is 37.3 Å². The van der Waals surface area contributed by atoms with Gasteiger partial charge in [-0.05, 0) is 44.0 Å². The Morgan fingerprint density at radius 1 is 1.20 bits per heavy atom. The second kappa shape index (κ2) is 10.6. The van der Waals surface area contributed by atoms with Crippen LogP contribution in [0.4, 0.5) is 4.79 Å². The zero-order valence-corrected chi connectivity index (χ0v) is 23.6. The molecule has 0 aliphatic rings. The first kappa shape index (κ1) is 27.1. The highest BCUT2D eigenvalue weighted by atomic mass is 32.1. The number of benzene rings is 2. The zero-order chi connectivity index (χ0) is 28.6. The maximum Gasteiger partial charge on any atom is 0.407 e. The summed E-state index contributed by atoms with van der Waals surface area (Å²) < 4.78 is 13.5. The summed E-state index contributed by atoms with van der Waals surface area (Å²) in [6, 6.07) is 13.7. The van der Waals surface area contributed by atoms with Gasteiger partial charge in [0, 0.05) is 35.2 Å². The van der Waals surface area contributed by atoms with Crippen LogP contribution in [0.5, 0.6) is 0 Å². The van der Waals surface area contributed by atoms with Crippen LogP contribution in [0, 0.1) is 11.3 Å². The van der Waals surface area contributed by atoms with Gasteiger partial charge in [-0.15, -0.1) is 11.3 Å². The van der Waals surface area contributed by atoms with Crippen LogP contribution in [0.1, 0.15) is 37.6 Å². The number of ether oxygens (including phenoxy) is 2. The number of rotatable bonds is 6. The minimum atomic E-state index is -0.645. The second-order valence-electron chi connectivity index (χ2n) is 10.3. The van der Waals surface area contributed by atoms with Crippen LogP contribution < -0.4 is 10.9 Å². The van der Waals surface area contributed by atoms with Gasteiger partial charge in [0.2, 0.25) is 0 Å². The second-order valence-corrected chi connectivity index (χ2v) is 11.3.